The van der Waals surface area contributed by atoms with E-state index in [1.807, 2.05) is 13.0 Å². The molecule has 0 saturated carbocycles. The summed E-state index contributed by atoms with van der Waals surface area (Å²) < 4.78 is 0. The minimum atomic E-state index is 0.545. The maximum Gasteiger partial charge on any atom is 0.170 e. The molecule has 3 nitrogen and oxygen atoms in total. The summed E-state index contributed by atoms with van der Waals surface area (Å²) in [7, 11) is 1.75. The molecule has 0 amide bonds. The Balaban J connectivity index is 2.96. The van der Waals surface area contributed by atoms with Crippen molar-refractivity contribution in [2.24, 2.45) is 0 Å². The Morgan fingerprint density at radius 1 is 1.50 bits per heavy atom. The molecule has 0 fully saturated rings. The molecule has 4 heteroatoms. The average Bonchev–Trinajstić information content (AvgIpc) is 2.21. The molecule has 0 saturated heterocycles. The first-order valence-electron chi connectivity index (χ1n) is 4.17. The number of nitrogens with one attached hydrogen (secondary N) is 2. The first kappa shape index (κ1) is 10.5. The van der Waals surface area contributed by atoms with Crippen LogP contribution in [0.3, 0.4) is 0 Å². The summed E-state index contributed by atoms with van der Waals surface area (Å²) in [6, 6.07) is 7.53. The molecular formula is C10H11N3S. The third-order valence-electron chi connectivity index (χ3n) is 1.84. The van der Waals surface area contributed by atoms with Crippen molar-refractivity contribution in [3.8, 4) is 6.07 Å². The van der Waals surface area contributed by atoms with Crippen LogP contribution in [0.5, 0.6) is 0 Å². The normalized spacial score (nSPS) is 8.93. The molecular weight excluding hydrogens is 194 g/mol. The highest BCUT2D eigenvalue weighted by Gasteiger charge is 2.00. The van der Waals surface area contributed by atoms with Crippen LogP contribution in [0.2, 0.25) is 0 Å². The first-order chi connectivity index (χ1) is 6.67. The number of nitriles is 1. The van der Waals surface area contributed by atoms with Crippen LogP contribution in [0.1, 0.15) is 11.1 Å². The molecule has 72 valence electrons. The van der Waals surface area contributed by atoms with Crippen LogP contribution < -0.4 is 10.6 Å². The highest BCUT2D eigenvalue weighted by atomic mass is 32.1. The summed E-state index contributed by atoms with van der Waals surface area (Å²) in [4.78, 5) is 0. The lowest BCUT2D eigenvalue weighted by atomic mass is 10.1. The SMILES string of the molecule is CNC(=S)Nc1cc(C#N)ccc1C. The van der Waals surface area contributed by atoms with Gasteiger partial charge < -0.3 is 10.6 Å². The summed E-state index contributed by atoms with van der Waals surface area (Å²) in [6.45, 7) is 1.96. The molecule has 1 rings (SSSR count). The van der Waals surface area contributed by atoms with Gasteiger partial charge >= 0.3 is 0 Å². The van der Waals surface area contributed by atoms with Crippen LogP contribution in [-0.4, -0.2) is 12.2 Å². The average molecular weight is 205 g/mol. The van der Waals surface area contributed by atoms with Crippen molar-refractivity contribution in [1.29, 1.82) is 5.26 Å². The van der Waals surface area contributed by atoms with Gasteiger partial charge in [-0.15, -0.1) is 0 Å². The monoisotopic (exact) mass is 205 g/mol. The second-order valence-corrected chi connectivity index (χ2v) is 3.25. The fourth-order valence-electron chi connectivity index (χ4n) is 1.01. The Bertz CT molecular complexity index is 393. The molecule has 0 aromatic heterocycles. The van der Waals surface area contributed by atoms with Crippen molar-refractivity contribution >= 4 is 23.0 Å². The number of anilines is 1. The van der Waals surface area contributed by atoms with Crippen LogP contribution in [0, 0.1) is 18.3 Å². The predicted octanol–water partition coefficient (Wildman–Crippen LogP) is 1.78. The molecule has 0 aliphatic rings. The van der Waals surface area contributed by atoms with E-state index < -0.39 is 0 Å². The van der Waals surface area contributed by atoms with E-state index in [0.29, 0.717) is 10.7 Å². The molecule has 0 aliphatic carbocycles. The molecule has 0 bridgehead atoms. The summed E-state index contributed by atoms with van der Waals surface area (Å²) in [5.41, 5.74) is 2.54. The quantitative estimate of drug-likeness (QED) is 0.686. The van der Waals surface area contributed by atoms with Gasteiger partial charge in [0.25, 0.3) is 0 Å². The van der Waals surface area contributed by atoms with Gasteiger partial charge in [0.05, 0.1) is 11.6 Å². The molecule has 0 unspecified atom stereocenters. The molecule has 0 spiro atoms. The number of aryl methyl sites for hydroxylation is 1. The van der Waals surface area contributed by atoms with Crippen molar-refractivity contribution in [3.63, 3.8) is 0 Å². The smallest absolute Gasteiger partial charge is 0.170 e. The third-order valence-corrected chi connectivity index (χ3v) is 2.15. The Kier molecular flexibility index (Phi) is 3.43. The lowest BCUT2D eigenvalue weighted by molar-refractivity contribution is 1.19. The standard InChI is InChI=1S/C10H11N3S/c1-7-3-4-8(6-11)5-9(7)13-10(14)12-2/h3-5H,1-2H3,(H2,12,13,14). The van der Waals surface area contributed by atoms with Gasteiger partial charge in [-0.1, -0.05) is 6.07 Å². The second kappa shape index (κ2) is 4.58. The summed E-state index contributed by atoms with van der Waals surface area (Å²) in [5.74, 6) is 0. The number of hydrogen-bond acceptors (Lipinski definition) is 2. The molecule has 0 radical (unpaired) electrons. The Morgan fingerprint density at radius 3 is 2.79 bits per heavy atom. The Morgan fingerprint density at radius 2 is 2.21 bits per heavy atom. The van der Waals surface area contributed by atoms with Gasteiger partial charge in [-0.25, -0.2) is 0 Å². The number of rotatable bonds is 1. The lowest BCUT2D eigenvalue weighted by Gasteiger charge is -2.09. The van der Waals surface area contributed by atoms with Crippen molar-refractivity contribution in [3.05, 3.63) is 29.3 Å². The number of hydrogen-bond donors (Lipinski definition) is 2. The first-order valence-corrected chi connectivity index (χ1v) is 4.57. The van der Waals surface area contributed by atoms with Crippen LogP contribution in [0.4, 0.5) is 5.69 Å². The van der Waals surface area contributed by atoms with E-state index in [1.54, 1.807) is 19.2 Å². The van der Waals surface area contributed by atoms with E-state index in [9.17, 15) is 0 Å². The van der Waals surface area contributed by atoms with Gasteiger partial charge in [0.1, 0.15) is 0 Å². The van der Waals surface area contributed by atoms with Crippen LogP contribution >= 0.6 is 12.2 Å². The number of benzene rings is 1. The van der Waals surface area contributed by atoms with Crippen molar-refractivity contribution in [2.75, 3.05) is 12.4 Å². The highest BCUT2D eigenvalue weighted by Crippen LogP contribution is 2.16. The topological polar surface area (TPSA) is 47.8 Å². The summed E-state index contributed by atoms with van der Waals surface area (Å²) >= 11 is 4.97. The van der Waals surface area contributed by atoms with Crippen molar-refractivity contribution < 1.29 is 0 Å². The summed E-state index contributed by atoms with van der Waals surface area (Å²) in [5, 5.41) is 15.1. The molecule has 14 heavy (non-hydrogen) atoms. The minimum Gasteiger partial charge on any atom is -0.366 e. The van der Waals surface area contributed by atoms with Gasteiger partial charge in [-0.3, -0.25) is 0 Å². The maximum atomic E-state index is 8.72. The van der Waals surface area contributed by atoms with Gasteiger partial charge in [0.15, 0.2) is 5.11 Å². The molecule has 1 aromatic carbocycles. The van der Waals surface area contributed by atoms with Crippen molar-refractivity contribution in [2.45, 2.75) is 6.92 Å². The molecule has 1 aromatic rings. The zero-order valence-electron chi connectivity index (χ0n) is 8.09. The fraction of sp³-hybridized carbons (Fsp3) is 0.200. The number of thiocarbonyl (C=S) groups is 1. The van der Waals surface area contributed by atoms with Crippen LogP contribution in [0.15, 0.2) is 18.2 Å². The van der Waals surface area contributed by atoms with E-state index in [2.05, 4.69) is 16.7 Å². The maximum absolute atomic E-state index is 8.72. The van der Waals surface area contributed by atoms with E-state index in [4.69, 9.17) is 17.5 Å². The largest absolute Gasteiger partial charge is 0.366 e. The van der Waals surface area contributed by atoms with Crippen LogP contribution in [-0.2, 0) is 0 Å². The predicted molar refractivity (Wildman–Crippen MR) is 61.2 cm³/mol. The van der Waals surface area contributed by atoms with Crippen LogP contribution in [0.25, 0.3) is 0 Å². The molecule has 0 heterocycles. The van der Waals surface area contributed by atoms with E-state index >= 15 is 0 Å². The summed E-state index contributed by atoms with van der Waals surface area (Å²) in [6.07, 6.45) is 0. The fourth-order valence-corrected chi connectivity index (χ4v) is 1.12. The van der Waals surface area contributed by atoms with Gasteiger partial charge in [0, 0.05) is 12.7 Å². The Labute approximate surface area is 88.7 Å². The van der Waals surface area contributed by atoms with Crippen molar-refractivity contribution in [1.82, 2.24) is 5.32 Å². The Hall–Kier alpha value is -1.60. The minimum absolute atomic E-state index is 0.545. The van der Waals surface area contributed by atoms with Gasteiger partial charge in [-0.05, 0) is 36.8 Å². The lowest BCUT2D eigenvalue weighted by Crippen LogP contribution is -2.24. The van der Waals surface area contributed by atoms with Gasteiger partial charge in [-0.2, -0.15) is 5.26 Å². The van der Waals surface area contributed by atoms with E-state index in [0.717, 1.165) is 11.3 Å². The highest BCUT2D eigenvalue weighted by molar-refractivity contribution is 7.80. The number of nitrogens with zero attached hydrogens (tertiary/aromatic N) is 1. The second-order valence-electron chi connectivity index (χ2n) is 2.85. The molecule has 0 atom stereocenters. The van der Waals surface area contributed by atoms with E-state index in [-0.39, 0.29) is 0 Å². The zero-order valence-corrected chi connectivity index (χ0v) is 8.90. The zero-order chi connectivity index (χ0) is 10.6. The van der Waals surface area contributed by atoms with Gasteiger partial charge in [0.2, 0.25) is 0 Å². The molecule has 2 N–H and O–H groups in total. The third kappa shape index (κ3) is 2.44. The molecule has 0 aliphatic heterocycles. The van der Waals surface area contributed by atoms with E-state index in [1.165, 1.54) is 0 Å².